The van der Waals surface area contributed by atoms with Crippen LogP contribution in [0.15, 0.2) is 54.7 Å². The van der Waals surface area contributed by atoms with Gasteiger partial charge in [0.15, 0.2) is 0 Å². The predicted octanol–water partition coefficient (Wildman–Crippen LogP) is 3.35. The van der Waals surface area contributed by atoms with Crippen molar-refractivity contribution in [2.75, 3.05) is 6.54 Å². The van der Waals surface area contributed by atoms with E-state index >= 15 is 0 Å². The molecule has 3 heteroatoms. The molecule has 1 aromatic rings. The lowest BCUT2D eigenvalue weighted by molar-refractivity contribution is 0.622. The van der Waals surface area contributed by atoms with E-state index in [1.165, 1.54) is 5.56 Å². The fraction of sp³-hybridized carbons (Fsp3) is 0.231. The summed E-state index contributed by atoms with van der Waals surface area (Å²) in [7, 11) is 0. The van der Waals surface area contributed by atoms with Crippen molar-refractivity contribution in [2.24, 2.45) is 0 Å². The predicted molar refractivity (Wildman–Crippen MR) is 74.2 cm³/mol. The number of hydrogen-bond donors (Lipinski definition) is 0. The Hall–Kier alpha value is -1.09. The van der Waals surface area contributed by atoms with Gasteiger partial charge >= 0.3 is 6.13 Å². The van der Waals surface area contributed by atoms with E-state index in [2.05, 4.69) is 66.4 Å². The highest BCUT2D eigenvalue weighted by atomic mass is 32.2. The zero-order chi connectivity index (χ0) is 11.2. The van der Waals surface area contributed by atoms with Gasteiger partial charge in [-0.1, -0.05) is 42.4 Å². The van der Waals surface area contributed by atoms with E-state index in [1.807, 2.05) is 11.6 Å². The van der Waals surface area contributed by atoms with Crippen LogP contribution in [0, 0.1) is 0 Å². The third-order valence-electron chi connectivity index (χ3n) is 2.62. The molecule has 0 aliphatic carbocycles. The summed E-state index contributed by atoms with van der Waals surface area (Å²) in [5.41, 5.74) is 1.39. The second kappa shape index (κ2) is 5.85. The summed E-state index contributed by atoms with van der Waals surface area (Å²) in [6, 6.07) is 10.6. The molecule has 2 rings (SSSR count). The van der Waals surface area contributed by atoms with Crippen molar-refractivity contribution >= 4 is 17.7 Å². The quantitative estimate of drug-likeness (QED) is 0.728. The van der Waals surface area contributed by atoms with Crippen LogP contribution in [-0.4, -0.2) is 17.5 Å². The number of benzene rings is 1. The van der Waals surface area contributed by atoms with Gasteiger partial charge in [0.25, 0.3) is 0 Å². The molecule has 0 spiro atoms. The first-order valence-corrected chi connectivity index (χ1v) is 6.71. The number of allylic oxidation sites excluding steroid dienone is 2. The first-order chi connectivity index (χ1) is 7.90. The average Bonchev–Trinajstić information content (AvgIpc) is 2.38. The molecule has 0 aromatic heterocycles. The Morgan fingerprint density at radius 3 is 2.75 bits per heavy atom. The van der Waals surface area contributed by atoms with E-state index in [1.54, 1.807) is 0 Å². The van der Waals surface area contributed by atoms with Crippen LogP contribution >= 0.6 is 11.6 Å². The van der Waals surface area contributed by atoms with E-state index in [0.717, 1.165) is 12.3 Å². The summed E-state index contributed by atoms with van der Waals surface area (Å²) in [5, 5.41) is 0. The van der Waals surface area contributed by atoms with Crippen LogP contribution in [0.1, 0.15) is 12.5 Å². The van der Waals surface area contributed by atoms with Gasteiger partial charge in [-0.2, -0.15) is 11.6 Å². The second-order valence-electron chi connectivity index (χ2n) is 3.74. The first-order valence-electron chi connectivity index (χ1n) is 5.66. The number of nitrogens with zero attached hydrogens (tertiary/aromatic N) is 1. The van der Waals surface area contributed by atoms with Crippen LogP contribution in [0.2, 0.25) is 0 Å². The van der Waals surface area contributed by atoms with Crippen molar-refractivity contribution in [3.63, 3.8) is 0 Å². The topological polar surface area (TPSA) is 3.24 Å². The van der Waals surface area contributed by atoms with E-state index in [9.17, 15) is 0 Å². The van der Waals surface area contributed by atoms with Gasteiger partial charge in [0.05, 0.1) is 0 Å². The minimum Gasteiger partial charge on any atom is -0.408 e. The zero-order valence-electron chi connectivity index (χ0n) is 9.54. The van der Waals surface area contributed by atoms with Gasteiger partial charge in [0, 0.05) is 12.3 Å². The third kappa shape index (κ3) is 2.95. The summed E-state index contributed by atoms with van der Waals surface area (Å²) in [6.07, 6.45) is 6.89. The molecule has 16 heavy (non-hydrogen) atoms. The summed E-state index contributed by atoms with van der Waals surface area (Å²) in [4.78, 5) is 2.35. The SMILES string of the molecule is CCN1C=CC=CB1SCc1ccccc1. The van der Waals surface area contributed by atoms with Gasteiger partial charge in [0.2, 0.25) is 0 Å². The normalized spacial score (nSPS) is 14.6. The fourth-order valence-electron chi connectivity index (χ4n) is 1.71. The Kier molecular flexibility index (Phi) is 4.17. The van der Waals surface area contributed by atoms with Gasteiger partial charge < -0.3 is 4.81 Å². The molecule has 0 unspecified atom stereocenters. The standard InChI is InChI=1S/C13H16BNS/c1-2-15-11-7-6-10-14(15)16-12-13-8-4-3-5-9-13/h3-11H,2,12H2,1H3. The molecule has 1 aliphatic heterocycles. The van der Waals surface area contributed by atoms with E-state index in [0.29, 0.717) is 6.13 Å². The zero-order valence-corrected chi connectivity index (χ0v) is 10.4. The molecule has 0 saturated carbocycles. The molecular weight excluding hydrogens is 213 g/mol. The van der Waals surface area contributed by atoms with Crippen molar-refractivity contribution in [3.8, 4) is 0 Å². The maximum absolute atomic E-state index is 2.35. The molecule has 82 valence electrons. The molecular formula is C13H16BNS. The van der Waals surface area contributed by atoms with Gasteiger partial charge in [-0.15, -0.1) is 0 Å². The van der Waals surface area contributed by atoms with Gasteiger partial charge in [-0.05, 0) is 24.8 Å². The molecule has 1 heterocycles. The number of rotatable bonds is 4. The summed E-state index contributed by atoms with van der Waals surface area (Å²) < 4.78 is 0. The second-order valence-corrected chi connectivity index (χ2v) is 4.85. The Morgan fingerprint density at radius 2 is 2.00 bits per heavy atom. The van der Waals surface area contributed by atoms with Gasteiger partial charge in [0.1, 0.15) is 0 Å². The van der Waals surface area contributed by atoms with Crippen LogP contribution in [-0.2, 0) is 5.75 Å². The molecule has 1 nitrogen and oxygen atoms in total. The minimum absolute atomic E-state index is 0.482. The Morgan fingerprint density at radius 1 is 1.19 bits per heavy atom. The van der Waals surface area contributed by atoms with Crippen LogP contribution < -0.4 is 0 Å². The molecule has 0 bridgehead atoms. The Bertz CT molecular complexity index is 375. The Balaban J connectivity index is 1.90. The van der Waals surface area contributed by atoms with Crippen molar-refractivity contribution < 1.29 is 0 Å². The minimum atomic E-state index is 0.482. The number of hydrogen-bond acceptors (Lipinski definition) is 2. The summed E-state index contributed by atoms with van der Waals surface area (Å²) >= 11 is 1.97. The van der Waals surface area contributed by atoms with Crippen molar-refractivity contribution in [1.82, 2.24) is 4.81 Å². The molecule has 1 aliphatic rings. The summed E-state index contributed by atoms with van der Waals surface area (Å²) in [6.45, 7) is 3.26. The van der Waals surface area contributed by atoms with Gasteiger partial charge in [-0.3, -0.25) is 0 Å². The lowest BCUT2D eigenvalue weighted by atomic mass is 9.86. The van der Waals surface area contributed by atoms with Crippen molar-refractivity contribution in [3.05, 3.63) is 60.2 Å². The van der Waals surface area contributed by atoms with E-state index < -0.39 is 0 Å². The van der Waals surface area contributed by atoms with Crippen LogP contribution in [0.25, 0.3) is 0 Å². The molecule has 0 amide bonds. The fourth-order valence-corrected chi connectivity index (χ4v) is 2.88. The molecule has 0 fully saturated rings. The highest BCUT2D eigenvalue weighted by molar-refractivity contribution is 8.25. The maximum Gasteiger partial charge on any atom is 0.350 e. The highest BCUT2D eigenvalue weighted by Crippen LogP contribution is 2.20. The smallest absolute Gasteiger partial charge is 0.350 e. The van der Waals surface area contributed by atoms with Crippen LogP contribution in [0.4, 0.5) is 0 Å². The largest absolute Gasteiger partial charge is 0.408 e. The first kappa shape index (κ1) is 11.4. The van der Waals surface area contributed by atoms with Crippen LogP contribution in [0.5, 0.6) is 0 Å². The molecule has 0 saturated heterocycles. The monoisotopic (exact) mass is 229 g/mol. The van der Waals surface area contributed by atoms with Crippen molar-refractivity contribution in [2.45, 2.75) is 12.7 Å². The third-order valence-corrected chi connectivity index (χ3v) is 3.89. The molecule has 0 N–H and O–H groups in total. The lowest BCUT2D eigenvalue weighted by Gasteiger charge is -2.25. The molecule has 1 aromatic carbocycles. The average molecular weight is 229 g/mol. The highest BCUT2D eigenvalue weighted by Gasteiger charge is 2.18. The molecule has 0 radical (unpaired) electrons. The summed E-state index contributed by atoms with van der Waals surface area (Å²) in [5.74, 6) is 3.33. The van der Waals surface area contributed by atoms with Crippen LogP contribution in [0.3, 0.4) is 0 Å². The van der Waals surface area contributed by atoms with E-state index in [-0.39, 0.29) is 0 Å². The lowest BCUT2D eigenvalue weighted by Crippen LogP contribution is -2.32. The Labute approximate surface area is 102 Å². The maximum atomic E-state index is 2.35. The van der Waals surface area contributed by atoms with E-state index in [4.69, 9.17) is 0 Å². The molecule has 0 atom stereocenters. The van der Waals surface area contributed by atoms with Crippen molar-refractivity contribution in [1.29, 1.82) is 0 Å². The van der Waals surface area contributed by atoms with Gasteiger partial charge in [-0.25, -0.2) is 0 Å².